The van der Waals surface area contributed by atoms with E-state index in [-0.39, 0.29) is 5.41 Å². The van der Waals surface area contributed by atoms with Gasteiger partial charge in [-0.1, -0.05) is 25.1 Å². The molecule has 0 radical (unpaired) electrons. The van der Waals surface area contributed by atoms with Gasteiger partial charge in [0.05, 0.1) is 6.61 Å². The Hall–Kier alpha value is -1.31. The van der Waals surface area contributed by atoms with Crippen LogP contribution in [-0.4, -0.2) is 12.9 Å². The Kier molecular flexibility index (Phi) is 2.76. The van der Waals surface area contributed by atoms with Crippen LogP contribution in [0.2, 0.25) is 0 Å². The van der Waals surface area contributed by atoms with E-state index < -0.39 is 0 Å². The zero-order valence-corrected chi connectivity index (χ0v) is 9.03. The van der Waals surface area contributed by atoms with Crippen LogP contribution in [0, 0.1) is 0 Å². The molecule has 0 aromatic heterocycles. The summed E-state index contributed by atoms with van der Waals surface area (Å²) in [5, 5.41) is 0. The minimum atomic E-state index is 0.0105. The molecule has 0 bridgehead atoms. The average Bonchev–Trinajstić information content (AvgIpc) is 2.30. The van der Waals surface area contributed by atoms with E-state index >= 15 is 0 Å². The monoisotopic (exact) mass is 204 g/mol. The van der Waals surface area contributed by atoms with E-state index in [1.165, 1.54) is 5.56 Å². The van der Waals surface area contributed by atoms with Crippen LogP contribution in [0.3, 0.4) is 0 Å². The number of fused-ring (bicyclic) bond motifs is 1. The Bertz CT molecular complexity index is 359. The normalized spacial score (nSPS) is 24.1. The van der Waals surface area contributed by atoms with Gasteiger partial charge in [0.2, 0.25) is 0 Å². The van der Waals surface area contributed by atoms with Gasteiger partial charge in [-0.3, -0.25) is 0 Å². The lowest BCUT2D eigenvalue weighted by molar-refractivity contribution is -0.109. The lowest BCUT2D eigenvalue weighted by atomic mass is 9.72. The SMILES string of the molecule is CCC1(CC=O)CCOc2ccccc21. The van der Waals surface area contributed by atoms with Crippen LogP contribution in [0.15, 0.2) is 24.3 Å². The number of hydrogen-bond acceptors (Lipinski definition) is 2. The molecule has 80 valence electrons. The summed E-state index contributed by atoms with van der Waals surface area (Å²) in [5.41, 5.74) is 1.21. The Morgan fingerprint density at radius 3 is 3.00 bits per heavy atom. The Labute approximate surface area is 90.3 Å². The highest BCUT2D eigenvalue weighted by atomic mass is 16.5. The molecule has 1 heterocycles. The lowest BCUT2D eigenvalue weighted by Gasteiger charge is -2.37. The van der Waals surface area contributed by atoms with Crippen molar-refractivity contribution in [2.45, 2.75) is 31.6 Å². The first kappa shape index (κ1) is 10.2. The summed E-state index contributed by atoms with van der Waals surface area (Å²) in [4.78, 5) is 10.8. The molecule has 0 amide bonds. The van der Waals surface area contributed by atoms with E-state index in [2.05, 4.69) is 13.0 Å². The molecule has 15 heavy (non-hydrogen) atoms. The molecule has 0 fully saturated rings. The van der Waals surface area contributed by atoms with Gasteiger partial charge in [0.15, 0.2) is 0 Å². The molecular weight excluding hydrogens is 188 g/mol. The molecule has 1 aromatic carbocycles. The largest absolute Gasteiger partial charge is 0.493 e. The fourth-order valence-electron chi connectivity index (χ4n) is 2.40. The number of benzene rings is 1. The molecule has 1 aliphatic rings. The second kappa shape index (κ2) is 4.05. The summed E-state index contributed by atoms with van der Waals surface area (Å²) in [6.45, 7) is 2.87. The standard InChI is InChI=1S/C13H16O2/c1-2-13(7-9-14)8-10-15-12-6-4-3-5-11(12)13/h3-6,9H,2,7-8,10H2,1H3. The van der Waals surface area contributed by atoms with E-state index in [1.807, 2.05) is 18.2 Å². The molecule has 1 atom stereocenters. The maximum atomic E-state index is 10.8. The lowest BCUT2D eigenvalue weighted by Crippen LogP contribution is -2.32. The smallest absolute Gasteiger partial charge is 0.123 e. The number of carbonyl (C=O) groups excluding carboxylic acids is 1. The van der Waals surface area contributed by atoms with Crippen molar-refractivity contribution >= 4 is 6.29 Å². The summed E-state index contributed by atoms with van der Waals surface area (Å²) in [5.74, 6) is 0.951. The van der Waals surface area contributed by atoms with E-state index in [0.717, 1.165) is 31.5 Å². The Morgan fingerprint density at radius 2 is 2.27 bits per heavy atom. The van der Waals surface area contributed by atoms with E-state index in [1.54, 1.807) is 0 Å². The van der Waals surface area contributed by atoms with Gasteiger partial charge < -0.3 is 9.53 Å². The predicted octanol–water partition coefficient (Wildman–Crippen LogP) is 2.71. The fraction of sp³-hybridized carbons (Fsp3) is 0.462. The Morgan fingerprint density at radius 1 is 1.47 bits per heavy atom. The van der Waals surface area contributed by atoms with Crippen LogP contribution in [0.4, 0.5) is 0 Å². The molecule has 1 aliphatic heterocycles. The van der Waals surface area contributed by atoms with Crippen LogP contribution in [-0.2, 0) is 10.2 Å². The number of rotatable bonds is 3. The van der Waals surface area contributed by atoms with Crippen molar-refractivity contribution in [3.63, 3.8) is 0 Å². The average molecular weight is 204 g/mol. The first-order chi connectivity index (χ1) is 7.32. The van der Waals surface area contributed by atoms with Crippen molar-refractivity contribution in [3.05, 3.63) is 29.8 Å². The van der Waals surface area contributed by atoms with Gasteiger partial charge in [0.25, 0.3) is 0 Å². The zero-order chi connectivity index (χ0) is 10.7. The molecule has 2 rings (SSSR count). The second-order valence-corrected chi connectivity index (χ2v) is 4.10. The number of ether oxygens (including phenoxy) is 1. The third-order valence-electron chi connectivity index (χ3n) is 3.45. The third-order valence-corrected chi connectivity index (χ3v) is 3.45. The number of para-hydroxylation sites is 1. The van der Waals surface area contributed by atoms with Gasteiger partial charge in [-0.15, -0.1) is 0 Å². The highest BCUT2D eigenvalue weighted by Crippen LogP contribution is 2.42. The van der Waals surface area contributed by atoms with Gasteiger partial charge >= 0.3 is 0 Å². The van der Waals surface area contributed by atoms with Crippen LogP contribution < -0.4 is 4.74 Å². The molecule has 0 saturated carbocycles. The molecule has 0 spiro atoms. The first-order valence-electron chi connectivity index (χ1n) is 5.48. The van der Waals surface area contributed by atoms with Gasteiger partial charge in [-0.25, -0.2) is 0 Å². The third kappa shape index (κ3) is 1.65. The van der Waals surface area contributed by atoms with Gasteiger partial charge in [-0.2, -0.15) is 0 Å². The van der Waals surface area contributed by atoms with Gasteiger partial charge in [0, 0.05) is 17.4 Å². The quantitative estimate of drug-likeness (QED) is 0.707. The maximum absolute atomic E-state index is 10.8. The summed E-state index contributed by atoms with van der Waals surface area (Å²) >= 11 is 0. The van der Waals surface area contributed by atoms with E-state index in [0.29, 0.717) is 6.42 Å². The van der Waals surface area contributed by atoms with Crippen LogP contribution in [0.1, 0.15) is 31.7 Å². The van der Waals surface area contributed by atoms with E-state index in [4.69, 9.17) is 4.74 Å². The summed E-state index contributed by atoms with van der Waals surface area (Å²) in [6, 6.07) is 8.07. The molecular formula is C13H16O2. The first-order valence-corrected chi connectivity index (χ1v) is 5.48. The molecule has 2 heteroatoms. The van der Waals surface area contributed by atoms with Crippen molar-refractivity contribution in [1.29, 1.82) is 0 Å². The Balaban J connectivity index is 2.46. The minimum Gasteiger partial charge on any atom is -0.493 e. The van der Waals surface area contributed by atoms with E-state index in [9.17, 15) is 4.79 Å². The van der Waals surface area contributed by atoms with Crippen molar-refractivity contribution in [2.24, 2.45) is 0 Å². The topological polar surface area (TPSA) is 26.3 Å². The molecule has 0 N–H and O–H groups in total. The maximum Gasteiger partial charge on any atom is 0.123 e. The molecule has 1 aromatic rings. The number of aldehydes is 1. The summed E-state index contributed by atoms with van der Waals surface area (Å²) < 4.78 is 5.61. The second-order valence-electron chi connectivity index (χ2n) is 4.10. The minimum absolute atomic E-state index is 0.0105. The van der Waals surface area contributed by atoms with Gasteiger partial charge in [0.1, 0.15) is 12.0 Å². The summed E-state index contributed by atoms with van der Waals surface area (Å²) in [6.07, 6.45) is 3.57. The van der Waals surface area contributed by atoms with Crippen LogP contribution >= 0.6 is 0 Å². The highest BCUT2D eigenvalue weighted by molar-refractivity contribution is 5.55. The van der Waals surface area contributed by atoms with Crippen LogP contribution in [0.25, 0.3) is 0 Å². The van der Waals surface area contributed by atoms with Crippen molar-refractivity contribution in [1.82, 2.24) is 0 Å². The summed E-state index contributed by atoms with van der Waals surface area (Å²) in [7, 11) is 0. The number of hydrogen-bond donors (Lipinski definition) is 0. The fourth-order valence-corrected chi connectivity index (χ4v) is 2.40. The predicted molar refractivity (Wildman–Crippen MR) is 59.2 cm³/mol. The molecule has 2 nitrogen and oxygen atoms in total. The molecule has 0 aliphatic carbocycles. The zero-order valence-electron chi connectivity index (χ0n) is 9.03. The van der Waals surface area contributed by atoms with Crippen molar-refractivity contribution in [3.8, 4) is 5.75 Å². The molecule has 1 unspecified atom stereocenters. The highest BCUT2D eigenvalue weighted by Gasteiger charge is 2.35. The van der Waals surface area contributed by atoms with Crippen molar-refractivity contribution in [2.75, 3.05) is 6.61 Å². The van der Waals surface area contributed by atoms with Gasteiger partial charge in [-0.05, 0) is 18.9 Å². The number of carbonyl (C=O) groups is 1. The van der Waals surface area contributed by atoms with Crippen LogP contribution in [0.5, 0.6) is 5.75 Å². The molecule has 0 saturated heterocycles. The van der Waals surface area contributed by atoms with Crippen molar-refractivity contribution < 1.29 is 9.53 Å².